The highest BCUT2D eigenvalue weighted by Crippen LogP contribution is 2.40. The molecule has 0 saturated carbocycles. The summed E-state index contributed by atoms with van der Waals surface area (Å²) in [6.45, 7) is 0. The van der Waals surface area contributed by atoms with Gasteiger partial charge in [0.15, 0.2) is 11.5 Å². The number of phenols is 1. The van der Waals surface area contributed by atoms with Crippen LogP contribution >= 0.6 is 11.3 Å². The van der Waals surface area contributed by atoms with Crippen LogP contribution in [0.5, 0.6) is 11.5 Å². The molecule has 0 aliphatic rings. The average molecular weight is 385 g/mol. The van der Waals surface area contributed by atoms with E-state index in [1.807, 2.05) is 25.2 Å². The molecule has 1 aromatic heterocycles. The molecule has 8 heteroatoms. The number of nitrogens with zero attached hydrogens (tertiary/aromatic N) is 1. The number of aromatic hydroxyl groups is 1. The number of thiophene rings is 1. The highest BCUT2D eigenvalue weighted by Gasteiger charge is 2.18. The summed E-state index contributed by atoms with van der Waals surface area (Å²) in [6.07, 6.45) is 0. The number of anilines is 1. The van der Waals surface area contributed by atoms with Gasteiger partial charge in [0, 0.05) is 24.2 Å². The molecule has 2 aromatic carbocycles. The Hall–Kier alpha value is -3.26. The number of nitrogens with two attached hydrogens (primary N) is 1. The van der Waals surface area contributed by atoms with Gasteiger partial charge in [-0.05, 0) is 29.3 Å². The minimum Gasteiger partial charge on any atom is -0.504 e. The van der Waals surface area contributed by atoms with Gasteiger partial charge in [-0.15, -0.1) is 11.3 Å². The minimum atomic E-state index is -1.23. The summed E-state index contributed by atoms with van der Waals surface area (Å²) in [4.78, 5) is 16.3. The van der Waals surface area contributed by atoms with Crippen LogP contribution in [0.25, 0.3) is 21.2 Å². The number of amidine groups is 1. The largest absolute Gasteiger partial charge is 0.504 e. The van der Waals surface area contributed by atoms with Crippen molar-refractivity contribution in [2.75, 3.05) is 26.5 Å². The van der Waals surface area contributed by atoms with Crippen molar-refractivity contribution in [3.8, 4) is 22.6 Å². The van der Waals surface area contributed by atoms with Gasteiger partial charge in [0.05, 0.1) is 17.7 Å². The zero-order valence-electron chi connectivity index (χ0n) is 15.0. The summed E-state index contributed by atoms with van der Waals surface area (Å²) in [6, 6.07) is 8.81. The van der Waals surface area contributed by atoms with Crippen molar-refractivity contribution < 1.29 is 19.7 Å². The molecule has 140 valence electrons. The zero-order valence-corrected chi connectivity index (χ0v) is 15.8. The molecule has 5 N–H and O–H groups in total. The smallest absolute Gasteiger partial charge is 0.339 e. The Bertz CT molecular complexity index is 1070. The van der Waals surface area contributed by atoms with Crippen molar-refractivity contribution in [1.29, 1.82) is 0 Å². The molecule has 7 nitrogen and oxygen atoms in total. The second-order valence-electron chi connectivity index (χ2n) is 5.76. The summed E-state index contributed by atoms with van der Waals surface area (Å²) in [7, 11) is 4.85. The van der Waals surface area contributed by atoms with Crippen LogP contribution < -0.4 is 15.8 Å². The molecule has 27 heavy (non-hydrogen) atoms. The van der Waals surface area contributed by atoms with Crippen LogP contribution in [0, 0.1) is 0 Å². The van der Waals surface area contributed by atoms with E-state index in [1.54, 1.807) is 13.1 Å². The van der Waals surface area contributed by atoms with Gasteiger partial charge >= 0.3 is 5.97 Å². The fraction of sp³-hybridized carbons (Fsp3) is 0.158. The molecule has 3 aromatic rings. The highest BCUT2D eigenvalue weighted by molar-refractivity contribution is 7.21. The van der Waals surface area contributed by atoms with E-state index in [0.717, 1.165) is 26.2 Å². The number of fused-ring (bicyclic) bond motifs is 1. The van der Waals surface area contributed by atoms with Gasteiger partial charge < -0.3 is 26.0 Å². The number of carboxylic acid groups (broad SMARTS) is 1. The van der Waals surface area contributed by atoms with E-state index in [9.17, 15) is 15.0 Å². The van der Waals surface area contributed by atoms with Gasteiger partial charge in [-0.1, -0.05) is 12.1 Å². The molecule has 0 fully saturated rings. The molecule has 3 rings (SSSR count). The molecular weight excluding hydrogens is 366 g/mol. The van der Waals surface area contributed by atoms with E-state index in [2.05, 4.69) is 10.3 Å². The molecule has 0 amide bonds. The average Bonchev–Trinajstić information content (AvgIpc) is 3.04. The minimum absolute atomic E-state index is 0.107. The Balaban J connectivity index is 2.21. The van der Waals surface area contributed by atoms with Crippen LogP contribution in [0.15, 0.2) is 35.3 Å². The van der Waals surface area contributed by atoms with Crippen molar-refractivity contribution in [3.05, 3.63) is 40.8 Å². The first kappa shape index (κ1) is 18.5. The van der Waals surface area contributed by atoms with Crippen LogP contribution in [-0.4, -0.2) is 43.2 Å². The van der Waals surface area contributed by atoms with Gasteiger partial charge in [-0.25, -0.2) is 4.79 Å². The number of aliphatic imine (C=N–C) groups is 1. The molecule has 0 unspecified atom stereocenters. The van der Waals surface area contributed by atoms with Crippen molar-refractivity contribution in [3.63, 3.8) is 0 Å². The second-order valence-corrected chi connectivity index (χ2v) is 6.81. The van der Waals surface area contributed by atoms with Gasteiger partial charge in [0.2, 0.25) is 0 Å². The summed E-state index contributed by atoms with van der Waals surface area (Å²) >= 11 is 1.50. The van der Waals surface area contributed by atoms with E-state index in [1.165, 1.54) is 24.5 Å². The highest BCUT2D eigenvalue weighted by atomic mass is 32.1. The van der Waals surface area contributed by atoms with Gasteiger partial charge in [-0.2, -0.15) is 0 Å². The molecule has 0 aliphatic carbocycles. The van der Waals surface area contributed by atoms with Crippen LogP contribution in [0.3, 0.4) is 0 Å². The third kappa shape index (κ3) is 3.15. The maximum absolute atomic E-state index is 11.4. The number of benzene rings is 2. The second kappa shape index (κ2) is 7.16. The zero-order chi connectivity index (χ0) is 19.7. The first-order valence-electron chi connectivity index (χ1n) is 8.02. The summed E-state index contributed by atoms with van der Waals surface area (Å²) in [5.74, 6) is -1.06. The Kier molecular flexibility index (Phi) is 4.91. The lowest BCUT2D eigenvalue weighted by atomic mass is 10.0. The lowest BCUT2D eigenvalue weighted by Crippen LogP contribution is -2.12. The van der Waals surface area contributed by atoms with Crippen LogP contribution in [-0.2, 0) is 0 Å². The summed E-state index contributed by atoms with van der Waals surface area (Å²) < 4.78 is 6.09. The lowest BCUT2D eigenvalue weighted by Gasteiger charge is -2.10. The van der Waals surface area contributed by atoms with E-state index in [4.69, 9.17) is 10.5 Å². The van der Waals surface area contributed by atoms with Gasteiger partial charge in [-0.3, -0.25) is 4.99 Å². The molecular formula is C19H19N3O4S. The number of rotatable bonds is 5. The van der Waals surface area contributed by atoms with Crippen molar-refractivity contribution >= 4 is 38.9 Å². The number of hydrogen-bond donors (Lipinski definition) is 4. The molecule has 0 atom stereocenters. The molecule has 0 saturated heterocycles. The fourth-order valence-corrected chi connectivity index (χ4v) is 4.10. The Labute approximate surface area is 159 Å². The number of aromatic carboxylic acids is 1. The quantitative estimate of drug-likeness (QED) is 0.395. The number of hydrogen-bond acceptors (Lipinski definition) is 6. The Morgan fingerprint density at radius 2 is 2.00 bits per heavy atom. The third-order valence-corrected chi connectivity index (χ3v) is 5.45. The van der Waals surface area contributed by atoms with E-state index >= 15 is 0 Å². The van der Waals surface area contributed by atoms with Crippen LogP contribution in [0.1, 0.15) is 15.2 Å². The van der Waals surface area contributed by atoms with Gasteiger partial charge in [0.25, 0.3) is 0 Å². The maximum Gasteiger partial charge on any atom is 0.339 e. The summed E-state index contributed by atoms with van der Waals surface area (Å²) in [5, 5.41) is 23.5. The number of nitrogens with one attached hydrogen (secondary N) is 1. The first-order chi connectivity index (χ1) is 12.9. The normalized spacial score (nSPS) is 11.6. The van der Waals surface area contributed by atoms with E-state index < -0.39 is 11.7 Å². The maximum atomic E-state index is 11.4. The monoisotopic (exact) mass is 385 g/mol. The molecule has 1 heterocycles. The Morgan fingerprint density at radius 1 is 1.26 bits per heavy atom. The van der Waals surface area contributed by atoms with Crippen LogP contribution in [0.4, 0.5) is 5.69 Å². The predicted octanol–water partition coefficient (Wildman–Crippen LogP) is 3.36. The van der Waals surface area contributed by atoms with Crippen LogP contribution in [0.2, 0.25) is 0 Å². The van der Waals surface area contributed by atoms with Crippen molar-refractivity contribution in [1.82, 2.24) is 0 Å². The lowest BCUT2D eigenvalue weighted by molar-refractivity contribution is 0.0693. The number of carbonyl (C=O) groups is 1. The molecule has 0 aliphatic heterocycles. The van der Waals surface area contributed by atoms with Gasteiger partial charge in [0.1, 0.15) is 11.4 Å². The van der Waals surface area contributed by atoms with Crippen molar-refractivity contribution in [2.24, 2.45) is 10.7 Å². The first-order valence-corrected chi connectivity index (χ1v) is 8.84. The molecule has 0 radical (unpaired) electrons. The fourth-order valence-electron chi connectivity index (χ4n) is 2.90. The Morgan fingerprint density at radius 3 is 2.59 bits per heavy atom. The molecule has 0 spiro atoms. The summed E-state index contributed by atoms with van der Waals surface area (Å²) in [5.41, 5.74) is 8.11. The van der Waals surface area contributed by atoms with E-state index in [-0.39, 0.29) is 11.3 Å². The number of methoxy groups -OCH3 is 1. The predicted molar refractivity (Wildman–Crippen MR) is 109 cm³/mol. The topological polar surface area (TPSA) is 117 Å². The molecule has 0 bridgehead atoms. The van der Waals surface area contributed by atoms with E-state index in [0.29, 0.717) is 11.4 Å². The third-order valence-electron chi connectivity index (χ3n) is 4.27. The number of ether oxygens (including phenoxy) is 1. The SMILES string of the molecule is CN=C(N)c1sc2cc(-c3cc(OC)c(O)c(C(=O)O)c3)ccc2c1NC. The number of carboxylic acids is 1. The van der Waals surface area contributed by atoms with Crippen molar-refractivity contribution in [2.45, 2.75) is 0 Å². The standard InChI is InChI=1S/C19H19N3O4S/c1-21-15-11-5-4-9(8-14(11)27-17(15)18(20)22-2)10-6-12(19(24)25)16(23)13(7-10)26-3/h4-8,21,23H,1-3H3,(H2,20,22)(H,24,25).